The molecule has 0 radical (unpaired) electrons. The Morgan fingerprint density at radius 1 is 0.886 bits per heavy atom. The number of primary amides is 1. The Labute approximate surface area is 260 Å². The Morgan fingerprint density at radius 2 is 1.50 bits per heavy atom. The maximum atomic E-state index is 12.9. The van der Waals surface area contributed by atoms with Gasteiger partial charge in [0, 0.05) is 37.2 Å². The van der Waals surface area contributed by atoms with Crippen LogP contribution < -0.4 is 10.6 Å². The summed E-state index contributed by atoms with van der Waals surface area (Å²) in [5.74, 6) is 0.627. The van der Waals surface area contributed by atoms with E-state index < -0.39 is 21.3 Å². The van der Waals surface area contributed by atoms with Crippen molar-refractivity contribution in [2.75, 3.05) is 37.6 Å². The Morgan fingerprint density at radius 3 is 2.11 bits per heavy atom. The molecular formula is C35H40N4O4S. The number of sulfone groups is 1. The number of rotatable bonds is 9. The number of amides is 1. The third-order valence-corrected chi connectivity index (χ3v) is 11.8. The Bertz CT molecular complexity index is 1580. The van der Waals surface area contributed by atoms with Crippen molar-refractivity contribution in [2.45, 2.75) is 53.4 Å². The Kier molecular flexibility index (Phi) is 8.66. The number of likely N-dealkylation sites (tertiary alicyclic amines) is 1. The first-order valence-corrected chi connectivity index (χ1v) is 17.1. The molecule has 0 bridgehead atoms. The molecule has 3 atom stereocenters. The van der Waals surface area contributed by atoms with Crippen molar-refractivity contribution in [3.05, 3.63) is 90.5 Å². The van der Waals surface area contributed by atoms with Gasteiger partial charge in [-0.25, -0.2) is 13.2 Å². The summed E-state index contributed by atoms with van der Waals surface area (Å²) in [5, 5.41) is 10.8. The van der Waals surface area contributed by atoms with Gasteiger partial charge in [0.15, 0.2) is 0 Å². The second-order valence-electron chi connectivity index (χ2n) is 12.5. The van der Waals surface area contributed by atoms with Crippen LogP contribution in [0.15, 0.2) is 94.7 Å². The minimum atomic E-state index is -3.52. The van der Waals surface area contributed by atoms with E-state index in [9.17, 15) is 18.5 Å². The molecule has 2 heterocycles. The maximum Gasteiger partial charge on any atom is 0.404 e. The number of piperidine rings is 1. The first-order valence-electron chi connectivity index (χ1n) is 15.6. The summed E-state index contributed by atoms with van der Waals surface area (Å²) in [6.07, 6.45) is 3.23. The van der Waals surface area contributed by atoms with Crippen LogP contribution in [0.2, 0.25) is 0 Å². The zero-order chi connectivity index (χ0) is 30.7. The van der Waals surface area contributed by atoms with Crippen LogP contribution >= 0.6 is 0 Å². The quantitative estimate of drug-likeness (QED) is 0.344. The lowest BCUT2D eigenvalue weighted by Gasteiger charge is -2.47. The van der Waals surface area contributed by atoms with E-state index in [1.54, 1.807) is 36.4 Å². The predicted molar refractivity (Wildman–Crippen MR) is 169 cm³/mol. The van der Waals surface area contributed by atoms with E-state index in [1.165, 1.54) is 0 Å². The lowest BCUT2D eigenvalue weighted by molar-refractivity contribution is 0.0337. The highest BCUT2D eigenvalue weighted by Gasteiger charge is 2.53. The number of carbonyl (C=O) groups excluding carboxylic acids is 1. The van der Waals surface area contributed by atoms with Crippen LogP contribution in [0.25, 0.3) is 0 Å². The van der Waals surface area contributed by atoms with Gasteiger partial charge in [-0.3, -0.25) is 0 Å². The molecule has 2 saturated heterocycles. The van der Waals surface area contributed by atoms with Crippen molar-refractivity contribution in [3.63, 3.8) is 0 Å². The van der Waals surface area contributed by atoms with Crippen LogP contribution in [-0.4, -0.2) is 58.2 Å². The number of carbonyl (C=O) groups is 1. The highest BCUT2D eigenvalue weighted by Crippen LogP contribution is 2.51. The average Bonchev–Trinajstić information content (AvgIpc) is 3.49. The molecule has 44 heavy (non-hydrogen) atoms. The summed E-state index contributed by atoms with van der Waals surface area (Å²) in [4.78, 5) is 17.1. The van der Waals surface area contributed by atoms with Gasteiger partial charge in [-0.05, 0) is 93.1 Å². The summed E-state index contributed by atoms with van der Waals surface area (Å²) in [7, 11) is -3.52. The molecular weight excluding hydrogens is 572 g/mol. The molecule has 1 saturated carbocycles. The van der Waals surface area contributed by atoms with Crippen LogP contribution in [0.1, 0.15) is 37.7 Å². The molecule has 1 unspecified atom stereocenters. The van der Waals surface area contributed by atoms with Gasteiger partial charge in [-0.15, -0.1) is 0 Å². The minimum absolute atomic E-state index is 0.0757. The van der Waals surface area contributed by atoms with Crippen molar-refractivity contribution >= 4 is 21.6 Å². The number of nitrogens with two attached hydrogens (primary N) is 1. The lowest BCUT2D eigenvalue weighted by atomic mass is 9.59. The van der Waals surface area contributed by atoms with Crippen molar-refractivity contribution < 1.29 is 17.9 Å². The summed E-state index contributed by atoms with van der Waals surface area (Å²) in [6.45, 7) is 4.73. The van der Waals surface area contributed by atoms with Crippen molar-refractivity contribution in [2.24, 2.45) is 23.5 Å². The van der Waals surface area contributed by atoms with E-state index in [0.717, 1.165) is 76.1 Å². The van der Waals surface area contributed by atoms with Crippen molar-refractivity contribution in [3.8, 4) is 6.07 Å². The molecule has 3 fully saturated rings. The van der Waals surface area contributed by atoms with E-state index in [1.807, 2.05) is 36.4 Å². The molecule has 3 aliphatic rings. The molecule has 2 N–H and O–H groups in total. The van der Waals surface area contributed by atoms with E-state index in [0.29, 0.717) is 15.7 Å². The highest BCUT2D eigenvalue weighted by atomic mass is 32.2. The van der Waals surface area contributed by atoms with Crippen LogP contribution in [0, 0.1) is 29.1 Å². The molecule has 230 valence electrons. The van der Waals surface area contributed by atoms with Crippen LogP contribution in [0.5, 0.6) is 0 Å². The second-order valence-corrected chi connectivity index (χ2v) is 14.5. The molecule has 0 spiro atoms. The van der Waals surface area contributed by atoms with Gasteiger partial charge in [-0.2, -0.15) is 5.26 Å². The number of hydrogen-bond acceptors (Lipinski definition) is 7. The SMILES string of the molecule is N#CC(c1ccccc1)(C1CCN(CC2CN(c3ccc(S(=O)(=O)c4ccccc4)cc3)C2)CC1)[C@@H]1CCC[C@H]1OC(N)=O. The van der Waals surface area contributed by atoms with Crippen molar-refractivity contribution in [1.82, 2.24) is 4.90 Å². The monoisotopic (exact) mass is 612 g/mol. The fourth-order valence-electron chi connectivity index (χ4n) is 7.85. The third kappa shape index (κ3) is 5.81. The van der Waals surface area contributed by atoms with Gasteiger partial charge in [0.25, 0.3) is 0 Å². The molecule has 3 aromatic rings. The number of anilines is 1. The fraction of sp³-hybridized carbons (Fsp3) is 0.429. The number of benzene rings is 3. The predicted octanol–water partition coefficient (Wildman–Crippen LogP) is 5.39. The zero-order valence-electron chi connectivity index (χ0n) is 24.9. The fourth-order valence-corrected chi connectivity index (χ4v) is 9.13. The normalized spacial score (nSPS) is 22.9. The van der Waals surface area contributed by atoms with Gasteiger partial charge in [0.2, 0.25) is 9.84 Å². The number of ether oxygens (including phenoxy) is 1. The first-order chi connectivity index (χ1) is 21.3. The molecule has 2 aliphatic heterocycles. The van der Waals surface area contributed by atoms with Crippen LogP contribution in [0.3, 0.4) is 0 Å². The van der Waals surface area contributed by atoms with E-state index in [4.69, 9.17) is 10.5 Å². The largest absolute Gasteiger partial charge is 0.446 e. The molecule has 0 aromatic heterocycles. The standard InChI is InChI=1S/C35H40N4O4S/c36-25-35(27-8-3-1-4-9-27,32-12-7-13-33(32)43-34(37)40)28-18-20-38(21-19-28)22-26-23-39(24-26)29-14-16-31(17-15-29)44(41,42)30-10-5-2-6-11-30/h1-6,8-11,14-17,26,28,32-33H,7,12-13,18-24H2,(H2,37,40)/t32-,33-,35?/m1/s1. The Hall–Kier alpha value is -3.87. The third-order valence-electron chi connectivity index (χ3n) is 10.0. The first kappa shape index (κ1) is 30.2. The van der Waals surface area contributed by atoms with Crippen molar-refractivity contribution in [1.29, 1.82) is 5.26 Å². The van der Waals surface area contributed by atoms with Crippen LogP contribution in [0.4, 0.5) is 10.5 Å². The van der Waals surface area contributed by atoms with Gasteiger partial charge in [0.1, 0.15) is 6.10 Å². The molecule has 8 nitrogen and oxygen atoms in total. The van der Waals surface area contributed by atoms with Gasteiger partial charge < -0.3 is 20.3 Å². The summed E-state index contributed by atoms with van der Waals surface area (Å²) < 4.78 is 31.4. The minimum Gasteiger partial charge on any atom is -0.446 e. The van der Waals surface area contributed by atoms with Gasteiger partial charge in [0.05, 0.1) is 21.3 Å². The zero-order valence-corrected chi connectivity index (χ0v) is 25.7. The second kappa shape index (κ2) is 12.6. The molecule has 6 rings (SSSR count). The van der Waals surface area contributed by atoms with Crippen LogP contribution in [-0.2, 0) is 20.0 Å². The molecule has 1 amide bonds. The average molecular weight is 613 g/mol. The lowest BCUT2D eigenvalue weighted by Crippen LogP contribution is -2.54. The molecule has 9 heteroatoms. The molecule has 3 aromatic carbocycles. The van der Waals surface area contributed by atoms with E-state index in [2.05, 4.69) is 28.0 Å². The summed E-state index contributed by atoms with van der Waals surface area (Å²) in [6, 6.07) is 28.6. The topological polar surface area (TPSA) is 117 Å². The number of hydrogen-bond donors (Lipinski definition) is 1. The van der Waals surface area contributed by atoms with E-state index in [-0.39, 0.29) is 17.9 Å². The highest BCUT2D eigenvalue weighted by molar-refractivity contribution is 7.91. The summed E-state index contributed by atoms with van der Waals surface area (Å²) in [5.41, 5.74) is 6.77. The summed E-state index contributed by atoms with van der Waals surface area (Å²) >= 11 is 0. The van der Waals surface area contributed by atoms with Gasteiger partial charge in [-0.1, -0.05) is 48.5 Å². The van der Waals surface area contributed by atoms with E-state index >= 15 is 0 Å². The Balaban J connectivity index is 1.06. The smallest absolute Gasteiger partial charge is 0.404 e. The maximum absolute atomic E-state index is 12.9. The number of nitrogens with zero attached hydrogens (tertiary/aromatic N) is 3. The molecule has 1 aliphatic carbocycles. The number of nitriles is 1. The van der Waals surface area contributed by atoms with Gasteiger partial charge >= 0.3 is 6.09 Å².